The zero-order chi connectivity index (χ0) is 14.5. The molecule has 2 aliphatic carbocycles. The van der Waals surface area contributed by atoms with Crippen molar-refractivity contribution in [3.05, 3.63) is 34.3 Å². The average molecular weight is 352 g/mol. The Hall–Kier alpha value is -0.380. The fourth-order valence-corrected chi connectivity index (χ4v) is 3.61. The van der Waals surface area contributed by atoms with E-state index in [0.29, 0.717) is 6.61 Å². The van der Waals surface area contributed by atoms with E-state index >= 15 is 0 Å². The molecule has 2 aliphatic rings. The standard InChI is InChI=1S/C18H26BrNO/c19-17-8-4-3-7-15(17)13-21-18(14-20-16-9-10-16)11-5-1-2-6-12-18/h3-4,7-8,16,20H,1-2,5-6,9-14H2. The molecule has 0 aromatic heterocycles. The quantitative estimate of drug-likeness (QED) is 0.742. The number of hydrogen-bond acceptors (Lipinski definition) is 2. The van der Waals surface area contributed by atoms with E-state index in [2.05, 4.69) is 45.5 Å². The third-order valence-corrected chi connectivity index (χ3v) is 5.57. The van der Waals surface area contributed by atoms with Crippen LogP contribution in [0.25, 0.3) is 0 Å². The zero-order valence-corrected chi connectivity index (χ0v) is 14.3. The summed E-state index contributed by atoms with van der Waals surface area (Å²) in [5.41, 5.74) is 1.31. The molecule has 0 atom stereocenters. The van der Waals surface area contributed by atoms with E-state index < -0.39 is 0 Å². The summed E-state index contributed by atoms with van der Waals surface area (Å²) in [6.07, 6.45) is 10.5. The summed E-state index contributed by atoms with van der Waals surface area (Å²) in [7, 11) is 0. The van der Waals surface area contributed by atoms with Crippen LogP contribution in [-0.2, 0) is 11.3 Å². The number of rotatable bonds is 6. The molecule has 1 aromatic carbocycles. The van der Waals surface area contributed by atoms with Gasteiger partial charge in [-0.1, -0.05) is 59.8 Å². The van der Waals surface area contributed by atoms with Gasteiger partial charge >= 0.3 is 0 Å². The molecule has 0 amide bonds. The lowest BCUT2D eigenvalue weighted by Gasteiger charge is -2.34. The molecular formula is C18H26BrNO. The predicted octanol–water partition coefficient (Wildman–Crippen LogP) is 4.81. The van der Waals surface area contributed by atoms with Gasteiger partial charge in [0.2, 0.25) is 0 Å². The molecular weight excluding hydrogens is 326 g/mol. The average Bonchev–Trinajstić information content (AvgIpc) is 3.32. The number of halogens is 1. The van der Waals surface area contributed by atoms with E-state index in [1.54, 1.807) is 0 Å². The van der Waals surface area contributed by atoms with Crippen LogP contribution in [0.15, 0.2) is 28.7 Å². The van der Waals surface area contributed by atoms with Gasteiger partial charge in [0.1, 0.15) is 0 Å². The molecule has 2 saturated carbocycles. The van der Waals surface area contributed by atoms with Gasteiger partial charge < -0.3 is 10.1 Å². The lowest BCUT2D eigenvalue weighted by Crippen LogP contribution is -2.43. The summed E-state index contributed by atoms with van der Waals surface area (Å²) in [6.45, 7) is 1.75. The van der Waals surface area contributed by atoms with Gasteiger partial charge in [0.15, 0.2) is 0 Å². The maximum atomic E-state index is 6.50. The van der Waals surface area contributed by atoms with Crippen LogP contribution in [0.3, 0.4) is 0 Å². The number of hydrogen-bond donors (Lipinski definition) is 1. The van der Waals surface area contributed by atoms with Crippen molar-refractivity contribution in [1.82, 2.24) is 5.32 Å². The largest absolute Gasteiger partial charge is 0.369 e. The van der Waals surface area contributed by atoms with Gasteiger partial charge in [-0.05, 0) is 37.3 Å². The highest BCUT2D eigenvalue weighted by Crippen LogP contribution is 2.33. The number of ether oxygens (including phenoxy) is 1. The van der Waals surface area contributed by atoms with Crippen molar-refractivity contribution in [2.75, 3.05) is 6.54 Å². The predicted molar refractivity (Wildman–Crippen MR) is 90.4 cm³/mol. The summed E-state index contributed by atoms with van der Waals surface area (Å²) >= 11 is 3.63. The first-order valence-electron chi connectivity index (χ1n) is 8.38. The topological polar surface area (TPSA) is 21.3 Å². The van der Waals surface area contributed by atoms with Crippen LogP contribution in [0, 0.1) is 0 Å². The van der Waals surface area contributed by atoms with Crippen LogP contribution in [-0.4, -0.2) is 18.2 Å². The first-order chi connectivity index (χ1) is 10.3. The Kier molecular flexibility index (Phi) is 5.36. The normalized spacial score (nSPS) is 22.0. The maximum Gasteiger partial charge on any atom is 0.0810 e. The minimum atomic E-state index is 0.0500. The molecule has 0 spiro atoms. The van der Waals surface area contributed by atoms with E-state index in [1.165, 1.54) is 56.9 Å². The Labute approximate surface area is 136 Å². The molecule has 116 valence electrons. The van der Waals surface area contributed by atoms with Crippen LogP contribution >= 0.6 is 15.9 Å². The Morgan fingerprint density at radius 2 is 1.81 bits per heavy atom. The molecule has 21 heavy (non-hydrogen) atoms. The molecule has 1 N–H and O–H groups in total. The Bertz CT molecular complexity index is 450. The van der Waals surface area contributed by atoms with E-state index in [4.69, 9.17) is 4.74 Å². The van der Waals surface area contributed by atoms with Crippen LogP contribution in [0.4, 0.5) is 0 Å². The van der Waals surface area contributed by atoms with Crippen LogP contribution in [0.2, 0.25) is 0 Å². The first kappa shape index (κ1) is 15.5. The SMILES string of the molecule is Brc1ccccc1COC1(CNC2CC2)CCCCCC1. The molecule has 3 rings (SSSR count). The minimum absolute atomic E-state index is 0.0500. The van der Waals surface area contributed by atoms with Gasteiger partial charge in [0, 0.05) is 17.1 Å². The summed E-state index contributed by atoms with van der Waals surface area (Å²) < 4.78 is 7.66. The van der Waals surface area contributed by atoms with E-state index in [9.17, 15) is 0 Å². The van der Waals surface area contributed by atoms with Gasteiger partial charge in [-0.2, -0.15) is 0 Å². The van der Waals surface area contributed by atoms with Gasteiger partial charge in [0.25, 0.3) is 0 Å². The summed E-state index contributed by atoms with van der Waals surface area (Å²) in [5.74, 6) is 0. The van der Waals surface area contributed by atoms with Crippen molar-refractivity contribution in [3.8, 4) is 0 Å². The minimum Gasteiger partial charge on any atom is -0.369 e. The number of nitrogens with one attached hydrogen (secondary N) is 1. The molecule has 0 heterocycles. The molecule has 0 saturated heterocycles. The first-order valence-corrected chi connectivity index (χ1v) is 9.18. The maximum absolute atomic E-state index is 6.50. The molecule has 0 radical (unpaired) electrons. The highest BCUT2D eigenvalue weighted by molar-refractivity contribution is 9.10. The highest BCUT2D eigenvalue weighted by Gasteiger charge is 2.34. The molecule has 0 aliphatic heterocycles. The fraction of sp³-hybridized carbons (Fsp3) is 0.667. The van der Waals surface area contributed by atoms with Gasteiger partial charge in [0.05, 0.1) is 12.2 Å². The smallest absolute Gasteiger partial charge is 0.0810 e. The summed E-state index contributed by atoms with van der Waals surface area (Å²) in [5, 5.41) is 3.71. The van der Waals surface area contributed by atoms with E-state index in [1.807, 2.05) is 0 Å². The Balaban J connectivity index is 1.64. The van der Waals surface area contributed by atoms with Crippen LogP contribution in [0.5, 0.6) is 0 Å². The van der Waals surface area contributed by atoms with Gasteiger partial charge in [-0.25, -0.2) is 0 Å². The summed E-state index contributed by atoms with van der Waals surface area (Å²) in [6, 6.07) is 9.16. The third kappa shape index (κ3) is 4.54. The van der Waals surface area contributed by atoms with Crippen molar-refractivity contribution in [1.29, 1.82) is 0 Å². The molecule has 2 nitrogen and oxygen atoms in total. The number of benzene rings is 1. The van der Waals surface area contributed by atoms with Crippen molar-refractivity contribution in [3.63, 3.8) is 0 Å². The molecule has 3 heteroatoms. The lowest BCUT2D eigenvalue weighted by atomic mass is 9.93. The van der Waals surface area contributed by atoms with Crippen molar-refractivity contribution >= 4 is 15.9 Å². The Morgan fingerprint density at radius 1 is 1.10 bits per heavy atom. The van der Waals surface area contributed by atoms with Crippen molar-refractivity contribution in [2.24, 2.45) is 0 Å². The van der Waals surface area contributed by atoms with Gasteiger partial charge in [-0.15, -0.1) is 0 Å². The zero-order valence-electron chi connectivity index (χ0n) is 12.7. The monoisotopic (exact) mass is 351 g/mol. The highest BCUT2D eigenvalue weighted by atomic mass is 79.9. The van der Waals surface area contributed by atoms with E-state index in [-0.39, 0.29) is 5.60 Å². The summed E-state index contributed by atoms with van der Waals surface area (Å²) in [4.78, 5) is 0. The van der Waals surface area contributed by atoms with E-state index in [0.717, 1.165) is 17.1 Å². The molecule has 1 aromatic rings. The van der Waals surface area contributed by atoms with Crippen molar-refractivity contribution in [2.45, 2.75) is 69.6 Å². The molecule has 0 bridgehead atoms. The van der Waals surface area contributed by atoms with Crippen LogP contribution < -0.4 is 5.32 Å². The lowest BCUT2D eigenvalue weighted by molar-refractivity contribution is -0.0659. The van der Waals surface area contributed by atoms with Crippen LogP contribution in [0.1, 0.15) is 56.9 Å². The second-order valence-corrected chi connectivity index (χ2v) is 7.49. The molecule has 0 unspecified atom stereocenters. The molecule has 2 fully saturated rings. The Morgan fingerprint density at radius 3 is 2.48 bits per heavy atom. The second kappa shape index (κ2) is 7.26. The third-order valence-electron chi connectivity index (χ3n) is 4.80. The van der Waals surface area contributed by atoms with Gasteiger partial charge in [-0.3, -0.25) is 0 Å². The fourth-order valence-electron chi connectivity index (χ4n) is 3.21. The second-order valence-electron chi connectivity index (χ2n) is 6.63. The van der Waals surface area contributed by atoms with Crippen molar-refractivity contribution < 1.29 is 4.74 Å².